The number of anilines is 1. The summed E-state index contributed by atoms with van der Waals surface area (Å²) in [6.07, 6.45) is 0.834. The third kappa shape index (κ3) is 1.27. The van der Waals surface area contributed by atoms with E-state index in [2.05, 4.69) is 5.10 Å². The number of hydrogen-bond acceptors (Lipinski definition) is 3. The van der Waals surface area contributed by atoms with Crippen molar-refractivity contribution in [1.29, 1.82) is 0 Å². The minimum atomic E-state index is 0.561. The first kappa shape index (κ1) is 7.08. The van der Waals surface area contributed by atoms with Crippen molar-refractivity contribution in [2.45, 2.75) is 6.42 Å². The molecule has 4 nitrogen and oxygen atoms in total. The highest BCUT2D eigenvalue weighted by atomic mass is 15.3. The van der Waals surface area contributed by atoms with Crippen LogP contribution < -0.4 is 11.5 Å². The molecule has 0 spiro atoms. The molecule has 0 radical (unpaired) electrons. The molecule has 0 fully saturated rings. The Morgan fingerprint density at radius 1 is 1.70 bits per heavy atom. The molecule has 4 N–H and O–H groups in total. The maximum Gasteiger partial charge on any atom is 0.145 e. The molecule has 0 aliphatic carbocycles. The first-order valence-electron chi connectivity index (χ1n) is 3.22. The van der Waals surface area contributed by atoms with Crippen LogP contribution in [0.15, 0.2) is 6.07 Å². The Balaban J connectivity index is 2.81. The van der Waals surface area contributed by atoms with Crippen molar-refractivity contribution in [3.63, 3.8) is 0 Å². The first-order chi connectivity index (χ1) is 4.74. The summed E-state index contributed by atoms with van der Waals surface area (Å²) in [5.74, 6) is 0.561. The zero-order chi connectivity index (χ0) is 7.56. The number of nitrogen functional groups attached to an aromatic ring is 1. The van der Waals surface area contributed by atoms with Gasteiger partial charge >= 0.3 is 0 Å². The van der Waals surface area contributed by atoms with Gasteiger partial charge in [-0.3, -0.25) is 4.68 Å². The van der Waals surface area contributed by atoms with Crippen LogP contribution in [0.5, 0.6) is 0 Å². The topological polar surface area (TPSA) is 69.9 Å². The summed E-state index contributed by atoms with van der Waals surface area (Å²) in [5, 5.41) is 3.97. The van der Waals surface area contributed by atoms with Crippen molar-refractivity contribution in [2.75, 3.05) is 12.3 Å². The van der Waals surface area contributed by atoms with Gasteiger partial charge in [0.25, 0.3) is 0 Å². The zero-order valence-electron chi connectivity index (χ0n) is 6.04. The fourth-order valence-electron chi connectivity index (χ4n) is 0.912. The molecule has 0 unspecified atom stereocenters. The summed E-state index contributed by atoms with van der Waals surface area (Å²) in [7, 11) is 1.86. The fourth-order valence-corrected chi connectivity index (χ4v) is 0.912. The maximum atomic E-state index is 5.44. The Hall–Kier alpha value is -1.03. The minimum absolute atomic E-state index is 0.561. The Bertz CT molecular complexity index is 216. The average molecular weight is 140 g/mol. The third-order valence-electron chi connectivity index (χ3n) is 1.40. The lowest BCUT2D eigenvalue weighted by Gasteiger charge is -1.95. The summed E-state index contributed by atoms with van der Waals surface area (Å²) in [5.41, 5.74) is 11.9. The maximum absolute atomic E-state index is 5.44. The van der Waals surface area contributed by atoms with E-state index in [4.69, 9.17) is 11.5 Å². The molecule has 0 aliphatic heterocycles. The smallest absolute Gasteiger partial charge is 0.145 e. The van der Waals surface area contributed by atoms with E-state index >= 15 is 0 Å². The highest BCUT2D eigenvalue weighted by molar-refractivity contribution is 5.29. The lowest BCUT2D eigenvalue weighted by atomic mass is 10.3. The van der Waals surface area contributed by atoms with Gasteiger partial charge in [-0.15, -0.1) is 0 Å². The standard InChI is InChI=1S/C6H12N4/c1-10-5(2-3-7)4-6(8)9-10/h4H,2-3,7H2,1H3,(H2,8,9). The molecule has 0 aliphatic rings. The summed E-state index contributed by atoms with van der Waals surface area (Å²) in [6.45, 7) is 0.638. The van der Waals surface area contributed by atoms with Crippen molar-refractivity contribution in [1.82, 2.24) is 9.78 Å². The molecule has 0 aromatic carbocycles. The van der Waals surface area contributed by atoms with Gasteiger partial charge in [-0.1, -0.05) is 0 Å². The van der Waals surface area contributed by atoms with E-state index in [1.54, 1.807) is 4.68 Å². The van der Waals surface area contributed by atoms with Gasteiger partial charge in [-0.25, -0.2) is 0 Å². The summed E-state index contributed by atoms with van der Waals surface area (Å²) in [6, 6.07) is 1.84. The third-order valence-corrected chi connectivity index (χ3v) is 1.40. The van der Waals surface area contributed by atoms with Crippen LogP contribution in [0, 0.1) is 0 Å². The molecule has 10 heavy (non-hydrogen) atoms. The highest BCUT2D eigenvalue weighted by Crippen LogP contribution is 2.03. The number of hydrogen-bond donors (Lipinski definition) is 2. The first-order valence-corrected chi connectivity index (χ1v) is 3.22. The quantitative estimate of drug-likeness (QED) is 0.582. The monoisotopic (exact) mass is 140 g/mol. The lowest BCUT2D eigenvalue weighted by Crippen LogP contribution is -2.06. The van der Waals surface area contributed by atoms with Crippen LogP contribution in [-0.2, 0) is 13.5 Å². The Morgan fingerprint density at radius 2 is 2.40 bits per heavy atom. The van der Waals surface area contributed by atoms with Crippen LogP contribution >= 0.6 is 0 Å². The van der Waals surface area contributed by atoms with Gasteiger partial charge in [0.2, 0.25) is 0 Å². The van der Waals surface area contributed by atoms with Gasteiger partial charge in [-0.2, -0.15) is 5.10 Å². The molecule has 0 saturated heterocycles. The van der Waals surface area contributed by atoms with Crippen LogP contribution in [0.2, 0.25) is 0 Å². The largest absolute Gasteiger partial charge is 0.382 e. The molecule has 0 saturated carbocycles. The second kappa shape index (κ2) is 2.70. The SMILES string of the molecule is Cn1nc(N)cc1CCN. The molecule has 1 heterocycles. The molecule has 1 aromatic rings. The van der Waals surface area contributed by atoms with Crippen molar-refractivity contribution in [3.8, 4) is 0 Å². The predicted octanol–water partition coefficient (Wildman–Crippen LogP) is -0.496. The van der Waals surface area contributed by atoms with Gasteiger partial charge in [0, 0.05) is 25.2 Å². The number of aryl methyl sites for hydroxylation is 1. The van der Waals surface area contributed by atoms with E-state index < -0.39 is 0 Å². The Kier molecular flexibility index (Phi) is 1.91. The minimum Gasteiger partial charge on any atom is -0.382 e. The Labute approximate surface area is 59.8 Å². The van der Waals surface area contributed by atoms with E-state index in [1.165, 1.54) is 0 Å². The number of nitrogens with two attached hydrogens (primary N) is 2. The van der Waals surface area contributed by atoms with Crippen LogP contribution in [-0.4, -0.2) is 16.3 Å². The Morgan fingerprint density at radius 3 is 2.80 bits per heavy atom. The molecule has 1 rings (SSSR count). The van der Waals surface area contributed by atoms with Crippen LogP contribution in [0.25, 0.3) is 0 Å². The van der Waals surface area contributed by atoms with E-state index in [1.807, 2.05) is 13.1 Å². The van der Waals surface area contributed by atoms with Crippen LogP contribution in [0.3, 0.4) is 0 Å². The zero-order valence-corrected chi connectivity index (χ0v) is 6.04. The molecule has 0 bridgehead atoms. The number of aromatic nitrogens is 2. The molecular weight excluding hydrogens is 128 g/mol. The van der Waals surface area contributed by atoms with Gasteiger partial charge in [0.05, 0.1) is 0 Å². The summed E-state index contributed by atoms with van der Waals surface area (Å²) >= 11 is 0. The second-order valence-electron chi connectivity index (χ2n) is 2.22. The molecular formula is C6H12N4. The number of nitrogens with zero attached hydrogens (tertiary/aromatic N) is 2. The molecule has 0 amide bonds. The van der Waals surface area contributed by atoms with Crippen molar-refractivity contribution >= 4 is 5.82 Å². The average Bonchev–Trinajstić information content (AvgIpc) is 2.13. The van der Waals surface area contributed by atoms with Gasteiger partial charge in [0.1, 0.15) is 5.82 Å². The van der Waals surface area contributed by atoms with Crippen LogP contribution in [0.1, 0.15) is 5.69 Å². The second-order valence-corrected chi connectivity index (χ2v) is 2.22. The number of rotatable bonds is 2. The van der Waals surface area contributed by atoms with E-state index in [-0.39, 0.29) is 0 Å². The molecule has 0 atom stereocenters. The summed E-state index contributed by atoms with van der Waals surface area (Å²) in [4.78, 5) is 0. The molecule has 1 aromatic heterocycles. The van der Waals surface area contributed by atoms with Crippen molar-refractivity contribution in [2.24, 2.45) is 12.8 Å². The van der Waals surface area contributed by atoms with Gasteiger partial charge in [-0.05, 0) is 6.54 Å². The predicted molar refractivity (Wildman–Crippen MR) is 40.4 cm³/mol. The van der Waals surface area contributed by atoms with E-state index in [0.717, 1.165) is 12.1 Å². The summed E-state index contributed by atoms with van der Waals surface area (Å²) < 4.78 is 1.75. The van der Waals surface area contributed by atoms with Gasteiger partial charge in [0.15, 0.2) is 0 Å². The van der Waals surface area contributed by atoms with E-state index in [9.17, 15) is 0 Å². The fraction of sp³-hybridized carbons (Fsp3) is 0.500. The molecule has 56 valence electrons. The molecule has 4 heteroatoms. The van der Waals surface area contributed by atoms with Crippen molar-refractivity contribution < 1.29 is 0 Å². The van der Waals surface area contributed by atoms with Gasteiger partial charge < -0.3 is 11.5 Å². The highest BCUT2D eigenvalue weighted by Gasteiger charge is 1.99. The lowest BCUT2D eigenvalue weighted by molar-refractivity contribution is 0.709. The normalized spacial score (nSPS) is 10.2. The van der Waals surface area contributed by atoms with Crippen molar-refractivity contribution in [3.05, 3.63) is 11.8 Å². The van der Waals surface area contributed by atoms with E-state index in [0.29, 0.717) is 12.4 Å². The van der Waals surface area contributed by atoms with Crippen LogP contribution in [0.4, 0.5) is 5.82 Å².